The quantitative estimate of drug-likeness (QED) is 0.343. The van der Waals surface area contributed by atoms with Gasteiger partial charge in [-0.2, -0.15) is 0 Å². The first-order valence-corrected chi connectivity index (χ1v) is 11.2. The summed E-state index contributed by atoms with van der Waals surface area (Å²) in [4.78, 5) is 25.3. The fourth-order valence-corrected chi connectivity index (χ4v) is 3.72. The van der Waals surface area contributed by atoms with Gasteiger partial charge >= 0.3 is 0 Å². The van der Waals surface area contributed by atoms with Crippen molar-refractivity contribution < 1.29 is 14.1 Å². The number of aryl methyl sites for hydroxylation is 1. The predicted molar refractivity (Wildman–Crippen MR) is 119 cm³/mol. The van der Waals surface area contributed by atoms with Crippen LogP contribution in [0.2, 0.25) is 0 Å². The van der Waals surface area contributed by atoms with E-state index < -0.39 is 0 Å². The first-order chi connectivity index (χ1) is 15.0. The number of ether oxygens (including phenoxy) is 1. The van der Waals surface area contributed by atoms with Crippen molar-refractivity contribution in [2.75, 3.05) is 86.2 Å². The molecule has 0 unspecified atom stereocenters. The van der Waals surface area contributed by atoms with Crippen molar-refractivity contribution in [2.24, 2.45) is 4.99 Å². The molecule has 1 aromatic heterocycles. The van der Waals surface area contributed by atoms with Crippen LogP contribution in [0.1, 0.15) is 17.9 Å². The fraction of sp³-hybridized carbons (Fsp3) is 0.762. The van der Waals surface area contributed by atoms with E-state index >= 15 is 0 Å². The van der Waals surface area contributed by atoms with Crippen molar-refractivity contribution >= 4 is 11.9 Å². The third-order valence-corrected chi connectivity index (χ3v) is 5.64. The van der Waals surface area contributed by atoms with Crippen LogP contribution in [0.4, 0.5) is 0 Å². The van der Waals surface area contributed by atoms with Crippen LogP contribution in [0.5, 0.6) is 0 Å². The van der Waals surface area contributed by atoms with E-state index in [0.717, 1.165) is 96.0 Å². The number of hydrogen-bond donors (Lipinski definition) is 1. The van der Waals surface area contributed by atoms with Crippen LogP contribution in [0, 0.1) is 6.92 Å². The van der Waals surface area contributed by atoms with Gasteiger partial charge in [0.1, 0.15) is 12.3 Å². The Kier molecular flexibility index (Phi) is 9.11. The molecule has 1 N–H and O–H groups in total. The number of nitrogens with one attached hydrogen (secondary N) is 1. The summed E-state index contributed by atoms with van der Waals surface area (Å²) in [5, 5.41) is 7.59. The van der Waals surface area contributed by atoms with Gasteiger partial charge in [0.2, 0.25) is 5.91 Å². The van der Waals surface area contributed by atoms with Gasteiger partial charge in [0, 0.05) is 72.5 Å². The van der Waals surface area contributed by atoms with Gasteiger partial charge in [-0.1, -0.05) is 5.16 Å². The highest BCUT2D eigenvalue weighted by Crippen LogP contribution is 2.09. The molecule has 2 aliphatic rings. The van der Waals surface area contributed by atoms with Crippen molar-refractivity contribution in [3.63, 3.8) is 0 Å². The minimum atomic E-state index is 0.00709. The average molecular weight is 436 g/mol. The van der Waals surface area contributed by atoms with E-state index in [-0.39, 0.29) is 12.5 Å². The second-order valence-corrected chi connectivity index (χ2v) is 8.35. The molecule has 31 heavy (non-hydrogen) atoms. The molecule has 0 aromatic carbocycles. The van der Waals surface area contributed by atoms with Gasteiger partial charge < -0.3 is 24.4 Å². The van der Waals surface area contributed by atoms with Crippen molar-refractivity contribution in [1.82, 2.24) is 30.1 Å². The summed E-state index contributed by atoms with van der Waals surface area (Å²) in [5.41, 5.74) is 0.970. The second-order valence-electron chi connectivity index (χ2n) is 8.35. The smallest absolute Gasteiger partial charge is 0.243 e. The molecule has 0 bridgehead atoms. The zero-order chi connectivity index (χ0) is 22.1. The van der Waals surface area contributed by atoms with E-state index in [1.807, 2.05) is 13.0 Å². The maximum absolute atomic E-state index is 12.1. The first-order valence-electron chi connectivity index (χ1n) is 11.2. The summed E-state index contributed by atoms with van der Waals surface area (Å²) < 4.78 is 10.6. The Balaban J connectivity index is 1.48. The summed E-state index contributed by atoms with van der Waals surface area (Å²) in [6, 6.07) is 1.99. The summed E-state index contributed by atoms with van der Waals surface area (Å²) in [5.74, 6) is 1.68. The van der Waals surface area contributed by atoms with Crippen molar-refractivity contribution in [2.45, 2.75) is 19.9 Å². The van der Waals surface area contributed by atoms with E-state index in [1.165, 1.54) is 0 Å². The number of guanidine groups is 1. The number of carbonyl (C=O) groups is 1. The lowest BCUT2D eigenvalue weighted by atomic mass is 10.3. The van der Waals surface area contributed by atoms with Gasteiger partial charge in [-0.3, -0.25) is 14.6 Å². The van der Waals surface area contributed by atoms with Crippen molar-refractivity contribution in [3.8, 4) is 0 Å². The molecule has 0 aliphatic carbocycles. The molecular formula is C21H37N7O3. The Morgan fingerprint density at radius 3 is 2.55 bits per heavy atom. The summed E-state index contributed by atoms with van der Waals surface area (Å²) in [7, 11) is 3.52. The van der Waals surface area contributed by atoms with Crippen LogP contribution >= 0.6 is 0 Å². The molecule has 2 saturated heterocycles. The normalized spacial score (nSPS) is 18.9. The van der Waals surface area contributed by atoms with Gasteiger partial charge in [0.05, 0.1) is 18.9 Å². The molecule has 3 rings (SSSR count). The number of rotatable bonds is 8. The lowest BCUT2D eigenvalue weighted by Gasteiger charge is -2.36. The average Bonchev–Trinajstić information content (AvgIpc) is 3.18. The zero-order valence-corrected chi connectivity index (χ0v) is 19.2. The molecule has 0 atom stereocenters. The number of nitrogens with zero attached hydrogens (tertiary/aromatic N) is 6. The summed E-state index contributed by atoms with van der Waals surface area (Å²) in [6.45, 7) is 12.0. The molecule has 0 saturated carbocycles. The Morgan fingerprint density at radius 2 is 1.90 bits per heavy atom. The van der Waals surface area contributed by atoms with E-state index in [1.54, 1.807) is 19.0 Å². The molecular weight excluding hydrogens is 398 g/mol. The molecule has 10 nitrogen and oxygen atoms in total. The third-order valence-electron chi connectivity index (χ3n) is 5.64. The molecule has 1 aromatic rings. The summed E-state index contributed by atoms with van der Waals surface area (Å²) in [6.07, 6.45) is 1.03. The van der Waals surface area contributed by atoms with Gasteiger partial charge in [-0.15, -0.1) is 0 Å². The number of carbonyl (C=O) groups excluding carboxylic acids is 1. The van der Waals surface area contributed by atoms with Crippen LogP contribution in [0.25, 0.3) is 0 Å². The van der Waals surface area contributed by atoms with E-state index in [0.29, 0.717) is 0 Å². The monoisotopic (exact) mass is 435 g/mol. The predicted octanol–water partition coefficient (Wildman–Crippen LogP) is -0.143. The molecule has 10 heteroatoms. The largest absolute Gasteiger partial charge is 0.379 e. The number of aromatic nitrogens is 1. The molecule has 0 spiro atoms. The Morgan fingerprint density at radius 1 is 1.16 bits per heavy atom. The molecule has 2 aliphatic heterocycles. The molecule has 0 radical (unpaired) electrons. The SMILES string of the molecule is Cc1cc(CN2CCN(C(=NCC(=O)N(C)C)NCCCN3CCOCC3)CC2)no1. The highest BCUT2D eigenvalue weighted by molar-refractivity contribution is 5.84. The highest BCUT2D eigenvalue weighted by atomic mass is 16.5. The first kappa shape index (κ1) is 23.5. The van der Waals surface area contributed by atoms with Gasteiger partial charge in [-0.05, 0) is 19.9 Å². The number of aliphatic imine (C=N–C) groups is 1. The number of piperazine rings is 1. The minimum Gasteiger partial charge on any atom is -0.379 e. The standard InChI is InChI=1S/C21H37N7O3/c1-18-15-19(24-31-18)17-27-7-9-28(10-8-27)21(23-16-20(29)25(2)3)22-5-4-6-26-11-13-30-14-12-26/h15H,4-14,16-17H2,1-3H3,(H,22,23). The van der Waals surface area contributed by atoms with Gasteiger partial charge in [-0.25, -0.2) is 4.99 Å². The minimum absolute atomic E-state index is 0.00709. The Labute approximate surface area is 185 Å². The van der Waals surface area contributed by atoms with Crippen molar-refractivity contribution in [3.05, 3.63) is 17.5 Å². The molecule has 2 fully saturated rings. The molecule has 1 amide bonds. The maximum atomic E-state index is 12.1. The highest BCUT2D eigenvalue weighted by Gasteiger charge is 2.21. The Hall–Kier alpha value is -2.17. The van der Waals surface area contributed by atoms with Crippen LogP contribution in [-0.4, -0.2) is 123 Å². The number of amides is 1. The van der Waals surface area contributed by atoms with E-state index in [9.17, 15) is 4.79 Å². The topological polar surface area (TPSA) is 89.7 Å². The zero-order valence-electron chi connectivity index (χ0n) is 19.2. The van der Waals surface area contributed by atoms with Crippen LogP contribution in [0.3, 0.4) is 0 Å². The number of hydrogen-bond acceptors (Lipinski definition) is 7. The number of morpholine rings is 1. The maximum Gasteiger partial charge on any atom is 0.243 e. The molecule has 3 heterocycles. The fourth-order valence-electron chi connectivity index (χ4n) is 3.72. The van der Waals surface area contributed by atoms with Gasteiger partial charge in [0.15, 0.2) is 5.96 Å². The lowest BCUT2D eigenvalue weighted by Crippen LogP contribution is -2.52. The van der Waals surface area contributed by atoms with Crippen LogP contribution in [0.15, 0.2) is 15.6 Å². The third kappa shape index (κ3) is 7.79. The van der Waals surface area contributed by atoms with Crippen LogP contribution in [-0.2, 0) is 16.1 Å². The number of likely N-dealkylation sites (N-methyl/N-ethyl adjacent to an activating group) is 1. The van der Waals surface area contributed by atoms with Crippen molar-refractivity contribution in [1.29, 1.82) is 0 Å². The lowest BCUT2D eigenvalue weighted by molar-refractivity contribution is -0.127. The Bertz CT molecular complexity index is 708. The van der Waals surface area contributed by atoms with Crippen LogP contribution < -0.4 is 5.32 Å². The summed E-state index contributed by atoms with van der Waals surface area (Å²) >= 11 is 0. The second kappa shape index (κ2) is 12.0. The van der Waals surface area contributed by atoms with Gasteiger partial charge in [0.25, 0.3) is 0 Å². The molecule has 174 valence electrons. The van der Waals surface area contributed by atoms with E-state index in [2.05, 4.69) is 30.2 Å². The van der Waals surface area contributed by atoms with E-state index in [4.69, 9.17) is 9.26 Å².